The molecule has 0 saturated carbocycles. The van der Waals surface area contributed by atoms with Gasteiger partial charge in [-0.3, -0.25) is 28.8 Å². The van der Waals surface area contributed by atoms with Crippen LogP contribution in [0, 0.1) is 10.8 Å². The fourth-order valence-electron chi connectivity index (χ4n) is 5.46. The van der Waals surface area contributed by atoms with Crippen LogP contribution in [0.15, 0.2) is 75.9 Å². The Hall–Kier alpha value is -5.02. The van der Waals surface area contributed by atoms with Crippen LogP contribution in [0.5, 0.6) is 0 Å². The topological polar surface area (TPSA) is 239 Å². The second-order valence-electron chi connectivity index (χ2n) is 14.9. The summed E-state index contributed by atoms with van der Waals surface area (Å²) < 4.78 is 43.8. The molecule has 0 aliphatic carbocycles. The van der Waals surface area contributed by atoms with Gasteiger partial charge in [-0.05, 0) is 75.0 Å². The van der Waals surface area contributed by atoms with Crippen molar-refractivity contribution in [3.63, 3.8) is 0 Å². The van der Waals surface area contributed by atoms with Crippen LogP contribution in [0.2, 0.25) is 0 Å². The third-order valence-corrected chi connectivity index (χ3v) is 8.97. The van der Waals surface area contributed by atoms with Gasteiger partial charge in [0.2, 0.25) is 35.4 Å². The zero-order valence-electron chi connectivity index (χ0n) is 38.4. The van der Waals surface area contributed by atoms with E-state index in [9.17, 15) is 28.8 Å². The summed E-state index contributed by atoms with van der Waals surface area (Å²) >= 11 is 0. The van der Waals surface area contributed by atoms with Gasteiger partial charge in [0.15, 0.2) is 0 Å². The fourth-order valence-corrected chi connectivity index (χ4v) is 5.46. The molecule has 0 saturated heterocycles. The van der Waals surface area contributed by atoms with Crippen molar-refractivity contribution in [2.45, 2.75) is 38.5 Å². The van der Waals surface area contributed by atoms with Gasteiger partial charge in [0.25, 0.3) is 0 Å². The van der Waals surface area contributed by atoms with Gasteiger partial charge in [-0.1, -0.05) is 39.5 Å². The van der Waals surface area contributed by atoms with Crippen LogP contribution >= 0.6 is 0 Å². The Morgan fingerprint density at radius 1 is 0.292 bits per heavy atom. The van der Waals surface area contributed by atoms with Crippen molar-refractivity contribution in [2.24, 2.45) is 10.8 Å². The predicted molar refractivity (Wildman–Crippen MR) is 248 cm³/mol. The van der Waals surface area contributed by atoms with Crippen LogP contribution < -0.4 is 31.9 Å². The average molecular weight is 921 g/mol. The van der Waals surface area contributed by atoms with E-state index in [-0.39, 0.29) is 88.3 Å². The van der Waals surface area contributed by atoms with Crippen molar-refractivity contribution in [1.29, 1.82) is 0 Å². The summed E-state index contributed by atoms with van der Waals surface area (Å²) in [4.78, 5) is 70.1. The van der Waals surface area contributed by atoms with E-state index in [1.54, 1.807) is 0 Å². The summed E-state index contributed by atoms with van der Waals surface area (Å²) in [5, 5.41) is 16.4. The highest BCUT2D eigenvalue weighted by atomic mass is 16.5. The Labute approximate surface area is 385 Å². The van der Waals surface area contributed by atoms with Gasteiger partial charge in [0.05, 0.1) is 63.7 Å². The summed E-state index contributed by atoms with van der Waals surface area (Å²) in [7, 11) is 0. The van der Waals surface area contributed by atoms with E-state index in [0.29, 0.717) is 117 Å². The van der Waals surface area contributed by atoms with Gasteiger partial charge in [-0.15, -0.1) is 0 Å². The highest BCUT2D eigenvalue weighted by molar-refractivity contribution is 5.88. The summed E-state index contributed by atoms with van der Waals surface area (Å²) in [6.45, 7) is 25.9. The van der Waals surface area contributed by atoms with E-state index in [4.69, 9.17) is 33.2 Å². The van der Waals surface area contributed by atoms with Gasteiger partial charge in [0.1, 0.15) is 0 Å². The largest absolute Gasteiger partial charge is 0.381 e. The minimum absolute atomic E-state index is 0.0805. The smallest absolute Gasteiger partial charge is 0.243 e. The standard InChI is InChI=1S/C46H76N6O13/c1-7-39(53)47-19-13-25-59-31-45(32-60-26-14-20-48-40(54)8-2,33-61-27-15-21-49-41(55)9-3)37-65-38-46(34-62-28-16-22-50-42(56)10-4,35-63-29-17-23-51-43(57)11-5)36-64-30-18-24-52-44(58)12-6/h7-12H,1-6,13-38H2,(H,47,53)(H,48,54)(H,49,55)(H,50,56)(H,51,57)(H,52,58). The van der Waals surface area contributed by atoms with Gasteiger partial charge < -0.3 is 65.1 Å². The molecule has 19 nitrogen and oxygen atoms in total. The van der Waals surface area contributed by atoms with E-state index >= 15 is 0 Å². The van der Waals surface area contributed by atoms with Gasteiger partial charge in [0, 0.05) is 78.9 Å². The van der Waals surface area contributed by atoms with Gasteiger partial charge in [-0.25, -0.2) is 0 Å². The van der Waals surface area contributed by atoms with Gasteiger partial charge >= 0.3 is 0 Å². The van der Waals surface area contributed by atoms with Gasteiger partial charge in [-0.2, -0.15) is 0 Å². The molecular weight excluding hydrogens is 845 g/mol. The van der Waals surface area contributed by atoms with Crippen LogP contribution in [0.4, 0.5) is 0 Å². The molecule has 0 spiro atoms. The minimum Gasteiger partial charge on any atom is -0.381 e. The maximum Gasteiger partial charge on any atom is 0.243 e. The number of nitrogens with one attached hydrogen (secondary N) is 6. The molecule has 0 aliphatic rings. The molecule has 0 fully saturated rings. The first kappa shape index (κ1) is 60.0. The number of rotatable bonds is 46. The first-order valence-corrected chi connectivity index (χ1v) is 21.9. The third kappa shape index (κ3) is 34.1. The van der Waals surface area contributed by atoms with E-state index in [1.165, 1.54) is 36.5 Å². The van der Waals surface area contributed by atoms with Crippen LogP contribution in [-0.4, -0.2) is 167 Å². The lowest BCUT2D eigenvalue weighted by Crippen LogP contribution is -2.46. The monoisotopic (exact) mass is 921 g/mol. The Kier molecular flexibility index (Phi) is 37.4. The van der Waals surface area contributed by atoms with Crippen molar-refractivity contribution in [3.8, 4) is 0 Å². The fraction of sp³-hybridized carbons (Fsp3) is 0.609. The predicted octanol–water partition coefficient (Wildman–Crippen LogP) is 1.23. The Bertz CT molecular complexity index is 1180. The molecule has 6 amide bonds. The third-order valence-electron chi connectivity index (χ3n) is 8.97. The lowest BCUT2D eigenvalue weighted by atomic mass is 9.90. The highest BCUT2D eigenvalue weighted by Gasteiger charge is 2.37. The van der Waals surface area contributed by atoms with Crippen molar-refractivity contribution in [1.82, 2.24) is 31.9 Å². The summed E-state index contributed by atoms with van der Waals surface area (Å²) in [5.74, 6) is -1.74. The molecule has 0 aromatic heterocycles. The number of carbonyl (C=O) groups excluding carboxylic acids is 6. The lowest BCUT2D eigenvalue weighted by Gasteiger charge is -2.37. The molecule has 0 radical (unpaired) electrons. The molecule has 0 heterocycles. The summed E-state index contributed by atoms with van der Waals surface area (Å²) in [6.07, 6.45) is 10.3. The van der Waals surface area contributed by atoms with Crippen molar-refractivity contribution >= 4 is 35.4 Å². The van der Waals surface area contributed by atoms with Crippen molar-refractivity contribution < 1.29 is 61.9 Å². The Balaban J connectivity index is 6.47. The number of hydrogen-bond donors (Lipinski definition) is 6. The molecule has 0 aromatic carbocycles. The maximum absolute atomic E-state index is 11.7. The van der Waals surface area contributed by atoms with E-state index in [2.05, 4.69) is 71.4 Å². The zero-order chi connectivity index (χ0) is 48.3. The number of amides is 6. The number of carbonyl (C=O) groups is 6. The quantitative estimate of drug-likeness (QED) is 0.0373. The zero-order valence-corrected chi connectivity index (χ0v) is 38.4. The lowest BCUT2D eigenvalue weighted by molar-refractivity contribution is -0.142. The summed E-state index contributed by atoms with van der Waals surface area (Å²) in [6, 6.07) is 0. The first-order chi connectivity index (χ1) is 31.4. The van der Waals surface area contributed by atoms with Crippen LogP contribution in [-0.2, 0) is 61.9 Å². The van der Waals surface area contributed by atoms with Crippen LogP contribution in [0.25, 0.3) is 0 Å². The molecule has 0 bridgehead atoms. The molecule has 0 rings (SSSR count). The SMILES string of the molecule is C=CC(=O)NCCCOCC(COCCCNC(=O)C=C)(COCCCNC(=O)C=C)COCC(COCCCNC(=O)C=C)(COCCCNC(=O)C=C)COCCCNC(=O)C=C. The van der Waals surface area contributed by atoms with E-state index in [1.807, 2.05) is 0 Å². The average Bonchev–Trinajstić information content (AvgIpc) is 3.32. The molecular formula is C46H76N6O13. The Morgan fingerprint density at radius 2 is 0.446 bits per heavy atom. The molecule has 65 heavy (non-hydrogen) atoms. The summed E-state index contributed by atoms with van der Waals surface area (Å²) in [5.41, 5.74) is -1.74. The number of hydrogen-bond acceptors (Lipinski definition) is 13. The molecule has 0 atom stereocenters. The molecule has 6 N–H and O–H groups in total. The maximum atomic E-state index is 11.7. The van der Waals surface area contributed by atoms with Crippen molar-refractivity contribution in [2.75, 3.05) is 132 Å². The molecule has 0 aliphatic heterocycles. The number of ether oxygens (including phenoxy) is 7. The van der Waals surface area contributed by atoms with E-state index in [0.717, 1.165) is 0 Å². The molecule has 0 unspecified atom stereocenters. The second kappa shape index (κ2) is 40.5. The normalized spacial score (nSPS) is 11.1. The highest BCUT2D eigenvalue weighted by Crippen LogP contribution is 2.26. The first-order valence-electron chi connectivity index (χ1n) is 21.9. The Morgan fingerprint density at radius 3 is 0.600 bits per heavy atom. The van der Waals surface area contributed by atoms with Crippen LogP contribution in [0.3, 0.4) is 0 Å². The molecule has 368 valence electrons. The van der Waals surface area contributed by atoms with E-state index < -0.39 is 10.8 Å². The van der Waals surface area contributed by atoms with Crippen molar-refractivity contribution in [3.05, 3.63) is 75.9 Å². The van der Waals surface area contributed by atoms with Crippen LogP contribution in [0.1, 0.15) is 38.5 Å². The molecule has 0 aromatic rings. The molecule has 19 heteroatoms. The minimum atomic E-state index is -0.872. The second-order valence-corrected chi connectivity index (χ2v) is 14.9.